The molecular formula is C23H25N2S+. The Bertz CT molecular complexity index is 960. The van der Waals surface area contributed by atoms with E-state index in [4.69, 9.17) is 0 Å². The Hall–Kier alpha value is -2.65. The number of para-hydroxylation sites is 1. The number of fused-ring (bicyclic) bond motifs is 1. The van der Waals surface area contributed by atoms with E-state index >= 15 is 0 Å². The van der Waals surface area contributed by atoms with Gasteiger partial charge in [0, 0.05) is 31.9 Å². The van der Waals surface area contributed by atoms with Gasteiger partial charge >= 0.3 is 0 Å². The fourth-order valence-electron chi connectivity index (χ4n) is 2.88. The molecule has 0 N–H and O–H groups in total. The second-order valence-electron chi connectivity index (χ2n) is 6.51. The summed E-state index contributed by atoms with van der Waals surface area (Å²) in [7, 11) is 4.12. The highest BCUT2D eigenvalue weighted by Crippen LogP contribution is 2.22. The van der Waals surface area contributed by atoms with Crippen molar-refractivity contribution in [3.63, 3.8) is 0 Å². The quantitative estimate of drug-likeness (QED) is 0.317. The molecule has 0 aliphatic heterocycles. The topological polar surface area (TPSA) is 7.12 Å². The van der Waals surface area contributed by atoms with E-state index in [1.165, 1.54) is 32.0 Å². The number of anilines is 1. The molecule has 2 aromatic carbocycles. The maximum Gasteiger partial charge on any atom is 0.263 e. The second-order valence-corrected chi connectivity index (χ2v) is 7.58. The normalized spacial score (nSPS) is 12.0. The van der Waals surface area contributed by atoms with Crippen molar-refractivity contribution in [2.75, 3.05) is 19.0 Å². The van der Waals surface area contributed by atoms with E-state index in [1.54, 1.807) is 0 Å². The second kappa shape index (κ2) is 8.15. The molecule has 0 spiro atoms. The summed E-state index contributed by atoms with van der Waals surface area (Å²) in [5, 5.41) is 1.24. The molecule has 1 heterocycles. The first-order chi connectivity index (χ1) is 12.6. The minimum atomic E-state index is 0.818. The summed E-state index contributed by atoms with van der Waals surface area (Å²) in [6.45, 7) is 6.86. The first-order valence-electron chi connectivity index (χ1n) is 8.74. The molecule has 3 aromatic rings. The Kier molecular flexibility index (Phi) is 5.69. The van der Waals surface area contributed by atoms with E-state index in [9.17, 15) is 0 Å². The van der Waals surface area contributed by atoms with Crippen LogP contribution in [0.2, 0.25) is 0 Å². The predicted molar refractivity (Wildman–Crippen MR) is 116 cm³/mol. The molecular weight excluding hydrogens is 336 g/mol. The van der Waals surface area contributed by atoms with E-state index in [1.807, 2.05) is 17.4 Å². The molecule has 0 fully saturated rings. The number of rotatable bonds is 6. The molecule has 0 aliphatic carbocycles. The summed E-state index contributed by atoms with van der Waals surface area (Å²) in [6.07, 6.45) is 8.55. The third-order valence-corrected chi connectivity index (χ3v) is 5.37. The summed E-state index contributed by atoms with van der Waals surface area (Å²) in [5.41, 5.74) is 4.92. The van der Waals surface area contributed by atoms with Gasteiger partial charge in [-0.15, -0.1) is 0 Å². The number of nitrogens with zero attached hydrogens (tertiary/aromatic N) is 2. The van der Waals surface area contributed by atoms with E-state index in [2.05, 4.69) is 104 Å². The molecule has 132 valence electrons. The van der Waals surface area contributed by atoms with Crippen molar-refractivity contribution in [3.05, 3.63) is 83.4 Å². The van der Waals surface area contributed by atoms with Crippen LogP contribution in [-0.4, -0.2) is 14.1 Å². The van der Waals surface area contributed by atoms with Crippen molar-refractivity contribution in [3.8, 4) is 0 Å². The van der Waals surface area contributed by atoms with Gasteiger partial charge in [-0.05, 0) is 36.8 Å². The predicted octanol–water partition coefficient (Wildman–Crippen LogP) is 5.56. The average molecular weight is 362 g/mol. The van der Waals surface area contributed by atoms with E-state index in [0.717, 1.165) is 6.54 Å². The zero-order chi connectivity index (χ0) is 18.5. The van der Waals surface area contributed by atoms with Gasteiger partial charge < -0.3 is 4.90 Å². The molecule has 2 nitrogen and oxygen atoms in total. The summed E-state index contributed by atoms with van der Waals surface area (Å²) < 4.78 is 3.61. The Labute approximate surface area is 160 Å². The van der Waals surface area contributed by atoms with Gasteiger partial charge in [0.15, 0.2) is 6.54 Å². The van der Waals surface area contributed by atoms with Crippen molar-refractivity contribution < 1.29 is 4.57 Å². The Morgan fingerprint density at radius 2 is 1.85 bits per heavy atom. The molecule has 0 aliphatic rings. The highest BCUT2D eigenvalue weighted by molar-refractivity contribution is 7.18. The summed E-state index contributed by atoms with van der Waals surface area (Å²) >= 11 is 1.81. The first kappa shape index (κ1) is 18.2. The van der Waals surface area contributed by atoms with Crippen LogP contribution in [0.4, 0.5) is 5.69 Å². The monoisotopic (exact) mass is 361 g/mol. The lowest BCUT2D eigenvalue weighted by atomic mass is 10.1. The highest BCUT2D eigenvalue weighted by atomic mass is 32.1. The number of hydrogen-bond acceptors (Lipinski definition) is 2. The van der Waals surface area contributed by atoms with Crippen LogP contribution in [-0.2, 0) is 6.54 Å². The number of benzene rings is 2. The van der Waals surface area contributed by atoms with Crippen LogP contribution in [0, 0.1) is 0 Å². The minimum Gasteiger partial charge on any atom is -0.378 e. The van der Waals surface area contributed by atoms with Crippen LogP contribution in [0.5, 0.6) is 0 Å². The van der Waals surface area contributed by atoms with Crippen LogP contribution in [0.15, 0.2) is 72.8 Å². The van der Waals surface area contributed by atoms with Crippen LogP contribution in [0.25, 0.3) is 22.4 Å². The maximum absolute atomic E-state index is 3.90. The number of thiazole rings is 1. The van der Waals surface area contributed by atoms with Crippen molar-refractivity contribution in [1.29, 1.82) is 0 Å². The summed E-state index contributed by atoms with van der Waals surface area (Å²) in [6, 6.07) is 17.1. The molecule has 0 saturated heterocycles. The van der Waals surface area contributed by atoms with Gasteiger partial charge in [0.05, 0.1) is 0 Å². The summed E-state index contributed by atoms with van der Waals surface area (Å²) in [4.78, 5) is 2.11. The zero-order valence-electron chi connectivity index (χ0n) is 15.6. The molecule has 0 atom stereocenters. The van der Waals surface area contributed by atoms with Crippen molar-refractivity contribution in [1.82, 2.24) is 0 Å². The molecule has 0 radical (unpaired) electrons. The van der Waals surface area contributed by atoms with Gasteiger partial charge in [-0.1, -0.05) is 59.9 Å². The van der Waals surface area contributed by atoms with Gasteiger partial charge in [0.25, 0.3) is 5.01 Å². The molecule has 1 aromatic heterocycles. The van der Waals surface area contributed by atoms with E-state index < -0.39 is 0 Å². The number of aromatic nitrogens is 1. The Morgan fingerprint density at radius 3 is 2.54 bits per heavy atom. The van der Waals surface area contributed by atoms with Crippen LogP contribution in [0.1, 0.15) is 17.5 Å². The number of allylic oxidation sites excluding steroid dienone is 3. The lowest BCUT2D eigenvalue weighted by Gasteiger charge is -2.11. The van der Waals surface area contributed by atoms with Crippen molar-refractivity contribution >= 4 is 39.4 Å². The van der Waals surface area contributed by atoms with E-state index in [0.29, 0.717) is 0 Å². The molecule has 3 rings (SSSR count). The van der Waals surface area contributed by atoms with E-state index in [-0.39, 0.29) is 0 Å². The SMILES string of the molecule is C=CC[n+]1c(/C=C/C(C)=C/c2ccc(N(C)C)cc2)sc2ccccc21. The number of hydrogen-bond donors (Lipinski definition) is 0. The third kappa shape index (κ3) is 4.12. The average Bonchev–Trinajstić information content (AvgIpc) is 2.99. The molecule has 0 saturated carbocycles. The van der Waals surface area contributed by atoms with Gasteiger partial charge in [0.1, 0.15) is 4.70 Å². The molecule has 0 amide bonds. The summed E-state index contributed by atoms with van der Waals surface area (Å²) in [5.74, 6) is 0. The van der Waals surface area contributed by atoms with Crippen molar-refractivity contribution in [2.45, 2.75) is 13.5 Å². The fraction of sp³-hybridized carbons (Fsp3) is 0.174. The fourth-order valence-corrected chi connectivity index (χ4v) is 3.95. The van der Waals surface area contributed by atoms with Gasteiger partial charge in [-0.3, -0.25) is 0 Å². The zero-order valence-corrected chi connectivity index (χ0v) is 16.5. The standard InChI is InChI=1S/C23H25N2S/c1-5-16-25-21-8-6-7-9-22(21)26-23(25)15-10-18(2)17-19-11-13-20(14-12-19)24(3)4/h5-15,17H,1,16H2,2-4H3/q+1. The Morgan fingerprint density at radius 1 is 1.12 bits per heavy atom. The Balaban J connectivity index is 1.85. The lowest BCUT2D eigenvalue weighted by Crippen LogP contribution is -2.33. The highest BCUT2D eigenvalue weighted by Gasteiger charge is 2.16. The van der Waals surface area contributed by atoms with Gasteiger partial charge in [-0.25, -0.2) is 0 Å². The molecule has 3 heteroatoms. The molecule has 26 heavy (non-hydrogen) atoms. The molecule has 0 bridgehead atoms. The first-order valence-corrected chi connectivity index (χ1v) is 9.56. The molecule has 0 unspecified atom stereocenters. The minimum absolute atomic E-state index is 0.818. The van der Waals surface area contributed by atoms with Crippen molar-refractivity contribution in [2.24, 2.45) is 0 Å². The third-order valence-electron chi connectivity index (χ3n) is 4.24. The van der Waals surface area contributed by atoms with Crippen LogP contribution < -0.4 is 9.47 Å². The smallest absolute Gasteiger partial charge is 0.263 e. The van der Waals surface area contributed by atoms with Gasteiger partial charge in [-0.2, -0.15) is 4.57 Å². The van der Waals surface area contributed by atoms with Gasteiger partial charge in [0.2, 0.25) is 5.52 Å². The maximum atomic E-state index is 3.90. The van der Waals surface area contributed by atoms with Crippen LogP contribution >= 0.6 is 11.3 Å². The lowest BCUT2D eigenvalue weighted by molar-refractivity contribution is -0.658. The van der Waals surface area contributed by atoms with Crippen LogP contribution in [0.3, 0.4) is 0 Å². The largest absolute Gasteiger partial charge is 0.378 e.